The molecule has 2 N–H and O–H groups in total. The lowest BCUT2D eigenvalue weighted by molar-refractivity contribution is -0.127. The largest absolute Gasteiger partial charge is 0.388 e. The topological polar surface area (TPSA) is 49.3 Å². The summed E-state index contributed by atoms with van der Waals surface area (Å²) < 4.78 is 0. The fraction of sp³-hybridized carbons (Fsp3) is 0.611. The van der Waals surface area contributed by atoms with Gasteiger partial charge in [0.05, 0.1) is 11.0 Å². The Morgan fingerprint density at radius 1 is 1.14 bits per heavy atom. The maximum absolute atomic E-state index is 12.5. The predicted molar refractivity (Wildman–Crippen MR) is 85.1 cm³/mol. The number of hydrogen-bond acceptors (Lipinski definition) is 2. The summed E-state index contributed by atoms with van der Waals surface area (Å²) in [6, 6.07) is 9.79. The number of benzene rings is 1. The van der Waals surface area contributed by atoms with Gasteiger partial charge in [-0.1, -0.05) is 56.0 Å². The molecule has 1 saturated carbocycles. The lowest BCUT2D eigenvalue weighted by atomic mass is 9.83. The first-order chi connectivity index (χ1) is 9.94. The van der Waals surface area contributed by atoms with E-state index in [1.165, 1.54) is 12.8 Å². The number of carbonyl (C=O) groups excluding carboxylic acids is 1. The summed E-state index contributed by atoms with van der Waals surface area (Å²) in [4.78, 5) is 12.5. The van der Waals surface area contributed by atoms with Gasteiger partial charge in [0.1, 0.15) is 0 Å². The Labute approximate surface area is 127 Å². The lowest BCUT2D eigenvalue weighted by Gasteiger charge is -2.30. The van der Waals surface area contributed by atoms with Gasteiger partial charge in [0.2, 0.25) is 5.91 Å². The van der Waals surface area contributed by atoms with E-state index in [1.54, 1.807) is 0 Å². The molecule has 3 nitrogen and oxygen atoms in total. The molecule has 3 heteroatoms. The summed E-state index contributed by atoms with van der Waals surface area (Å²) in [6.07, 6.45) is 6.05. The molecule has 21 heavy (non-hydrogen) atoms. The van der Waals surface area contributed by atoms with Crippen molar-refractivity contribution in [3.63, 3.8) is 0 Å². The van der Waals surface area contributed by atoms with Crippen LogP contribution in [0.4, 0.5) is 0 Å². The van der Waals surface area contributed by atoms with E-state index in [-0.39, 0.29) is 5.91 Å². The van der Waals surface area contributed by atoms with E-state index in [9.17, 15) is 9.90 Å². The molecule has 1 amide bonds. The molecule has 0 aliphatic heterocycles. The Morgan fingerprint density at radius 3 is 2.29 bits per heavy atom. The van der Waals surface area contributed by atoms with Gasteiger partial charge in [-0.3, -0.25) is 4.79 Å². The molecule has 0 unspecified atom stereocenters. The third-order valence-electron chi connectivity index (χ3n) is 4.68. The van der Waals surface area contributed by atoms with Crippen molar-refractivity contribution in [2.75, 3.05) is 6.54 Å². The molecule has 0 radical (unpaired) electrons. The number of rotatable bonds is 4. The van der Waals surface area contributed by atoms with Crippen LogP contribution < -0.4 is 5.32 Å². The van der Waals surface area contributed by atoms with E-state index in [4.69, 9.17) is 0 Å². The molecule has 2 rings (SSSR count). The minimum atomic E-state index is -0.723. The number of hydrogen-bond donors (Lipinski definition) is 2. The van der Waals surface area contributed by atoms with Gasteiger partial charge in [-0.05, 0) is 32.3 Å². The summed E-state index contributed by atoms with van der Waals surface area (Å²) in [6.45, 7) is 4.21. The maximum Gasteiger partial charge on any atom is 0.230 e. The zero-order valence-corrected chi connectivity index (χ0v) is 13.2. The standard InChI is InChI=1S/C18H27NO2/c1-17(2,15-10-6-5-7-11-15)16(20)19-14-18(21)12-8-3-4-9-13-18/h5-7,10-11,21H,3-4,8-9,12-14H2,1-2H3,(H,19,20). The van der Waals surface area contributed by atoms with E-state index in [0.717, 1.165) is 31.2 Å². The molecule has 0 atom stereocenters. The quantitative estimate of drug-likeness (QED) is 0.836. The number of carbonyl (C=O) groups is 1. The highest BCUT2D eigenvalue weighted by atomic mass is 16.3. The fourth-order valence-electron chi connectivity index (χ4n) is 3.02. The van der Waals surface area contributed by atoms with Gasteiger partial charge in [0, 0.05) is 6.54 Å². The Kier molecular flexibility index (Phi) is 5.04. The molecule has 0 heterocycles. The Morgan fingerprint density at radius 2 is 1.71 bits per heavy atom. The second kappa shape index (κ2) is 6.61. The zero-order chi connectivity index (χ0) is 15.3. The summed E-state index contributed by atoms with van der Waals surface area (Å²) in [5, 5.41) is 13.6. The van der Waals surface area contributed by atoms with Crippen LogP contribution >= 0.6 is 0 Å². The number of aliphatic hydroxyl groups is 1. The second-order valence-electron chi connectivity index (χ2n) is 6.81. The van der Waals surface area contributed by atoms with Gasteiger partial charge in [0.25, 0.3) is 0 Å². The van der Waals surface area contributed by atoms with E-state index in [2.05, 4.69) is 5.32 Å². The van der Waals surface area contributed by atoms with Crippen molar-refractivity contribution < 1.29 is 9.90 Å². The highest BCUT2D eigenvalue weighted by Crippen LogP contribution is 2.27. The van der Waals surface area contributed by atoms with Crippen molar-refractivity contribution in [3.8, 4) is 0 Å². The highest BCUT2D eigenvalue weighted by Gasteiger charge is 2.33. The number of nitrogens with one attached hydrogen (secondary N) is 1. The molecular weight excluding hydrogens is 262 g/mol. The smallest absolute Gasteiger partial charge is 0.230 e. The van der Waals surface area contributed by atoms with Crippen molar-refractivity contribution in [1.29, 1.82) is 0 Å². The zero-order valence-electron chi connectivity index (χ0n) is 13.2. The first kappa shape index (κ1) is 16.0. The van der Waals surface area contributed by atoms with Crippen molar-refractivity contribution in [3.05, 3.63) is 35.9 Å². The van der Waals surface area contributed by atoms with Gasteiger partial charge in [-0.2, -0.15) is 0 Å². The van der Waals surface area contributed by atoms with E-state index >= 15 is 0 Å². The van der Waals surface area contributed by atoms with E-state index in [1.807, 2.05) is 44.2 Å². The van der Waals surface area contributed by atoms with E-state index < -0.39 is 11.0 Å². The average molecular weight is 289 g/mol. The third-order valence-corrected chi connectivity index (χ3v) is 4.68. The van der Waals surface area contributed by atoms with Crippen molar-refractivity contribution in [2.45, 2.75) is 63.4 Å². The van der Waals surface area contributed by atoms with Crippen LogP contribution in [0.2, 0.25) is 0 Å². The maximum atomic E-state index is 12.5. The monoisotopic (exact) mass is 289 g/mol. The molecule has 0 spiro atoms. The number of amides is 1. The molecule has 1 aliphatic rings. The first-order valence-corrected chi connectivity index (χ1v) is 8.00. The molecule has 116 valence electrons. The Hall–Kier alpha value is -1.35. The first-order valence-electron chi connectivity index (χ1n) is 8.00. The summed E-state index contributed by atoms with van der Waals surface area (Å²) in [5.41, 5.74) is -0.309. The Balaban J connectivity index is 1.97. The van der Waals surface area contributed by atoms with Gasteiger partial charge in [0.15, 0.2) is 0 Å². The summed E-state index contributed by atoms with van der Waals surface area (Å²) in [7, 11) is 0. The highest BCUT2D eigenvalue weighted by molar-refractivity contribution is 5.87. The van der Waals surface area contributed by atoms with Gasteiger partial charge >= 0.3 is 0 Å². The molecule has 0 saturated heterocycles. The SMILES string of the molecule is CC(C)(C(=O)NCC1(O)CCCCCC1)c1ccccc1. The van der Waals surface area contributed by atoms with Crippen LogP contribution in [0, 0.1) is 0 Å². The van der Waals surface area contributed by atoms with Crippen LogP contribution in [0.15, 0.2) is 30.3 Å². The fourth-order valence-corrected chi connectivity index (χ4v) is 3.02. The van der Waals surface area contributed by atoms with E-state index in [0.29, 0.717) is 6.54 Å². The van der Waals surface area contributed by atoms with Crippen LogP contribution in [0.3, 0.4) is 0 Å². The second-order valence-corrected chi connectivity index (χ2v) is 6.81. The average Bonchev–Trinajstić information content (AvgIpc) is 2.71. The third kappa shape index (κ3) is 4.07. The van der Waals surface area contributed by atoms with Crippen LogP contribution in [0.1, 0.15) is 57.9 Å². The Bertz CT molecular complexity index is 459. The lowest BCUT2D eigenvalue weighted by Crippen LogP contribution is -2.48. The predicted octanol–water partition coefficient (Wildman–Crippen LogP) is 3.17. The van der Waals surface area contributed by atoms with Crippen molar-refractivity contribution >= 4 is 5.91 Å². The van der Waals surface area contributed by atoms with Crippen LogP contribution in [-0.2, 0) is 10.2 Å². The minimum absolute atomic E-state index is 0.0219. The summed E-state index contributed by atoms with van der Waals surface area (Å²) in [5.74, 6) is -0.0219. The van der Waals surface area contributed by atoms with Crippen LogP contribution in [0.5, 0.6) is 0 Å². The minimum Gasteiger partial charge on any atom is -0.388 e. The molecule has 1 fully saturated rings. The molecule has 1 aromatic rings. The molecule has 0 bridgehead atoms. The normalized spacial score (nSPS) is 18.8. The van der Waals surface area contributed by atoms with Gasteiger partial charge in [-0.25, -0.2) is 0 Å². The molecular formula is C18H27NO2. The van der Waals surface area contributed by atoms with Crippen molar-refractivity contribution in [1.82, 2.24) is 5.32 Å². The van der Waals surface area contributed by atoms with Crippen molar-refractivity contribution in [2.24, 2.45) is 0 Å². The summed E-state index contributed by atoms with van der Waals surface area (Å²) >= 11 is 0. The van der Waals surface area contributed by atoms with Crippen LogP contribution in [0.25, 0.3) is 0 Å². The molecule has 1 aliphatic carbocycles. The van der Waals surface area contributed by atoms with Gasteiger partial charge in [-0.15, -0.1) is 0 Å². The van der Waals surface area contributed by atoms with Crippen LogP contribution in [-0.4, -0.2) is 23.2 Å². The van der Waals surface area contributed by atoms with Gasteiger partial charge < -0.3 is 10.4 Å². The molecule has 0 aromatic heterocycles. The molecule has 1 aromatic carbocycles.